The first-order valence-electron chi connectivity index (χ1n) is 7.53. The van der Waals surface area contributed by atoms with Crippen LogP contribution in [0.15, 0.2) is 36.4 Å². The van der Waals surface area contributed by atoms with Crippen LogP contribution < -0.4 is 5.32 Å². The van der Waals surface area contributed by atoms with Gasteiger partial charge in [0.2, 0.25) is 0 Å². The Hall–Kier alpha value is -2.47. The lowest BCUT2D eigenvalue weighted by Gasteiger charge is -2.05. The second kappa shape index (κ2) is 5.96. The van der Waals surface area contributed by atoms with Gasteiger partial charge in [0, 0.05) is 11.5 Å². The quantitative estimate of drug-likeness (QED) is 0.751. The van der Waals surface area contributed by atoms with E-state index in [1.54, 1.807) is 0 Å². The normalized spacial score (nSPS) is 14.0. The Kier molecular flexibility index (Phi) is 3.67. The zero-order valence-electron chi connectivity index (χ0n) is 12.3. The van der Waals surface area contributed by atoms with E-state index in [1.807, 2.05) is 36.4 Å². The zero-order valence-corrected chi connectivity index (χ0v) is 13.1. The lowest BCUT2D eigenvalue weighted by molar-refractivity contribution is 0.926. The summed E-state index contributed by atoms with van der Waals surface area (Å²) in [6.45, 7) is 0.542. The van der Waals surface area contributed by atoms with Gasteiger partial charge in [-0.15, -0.1) is 10.2 Å². The third-order valence-electron chi connectivity index (χ3n) is 3.74. The molecule has 1 aliphatic carbocycles. The molecule has 1 fully saturated rings. The Morgan fingerprint density at radius 2 is 2.00 bits per heavy atom. The van der Waals surface area contributed by atoms with Crippen LogP contribution >= 0.6 is 11.6 Å². The van der Waals surface area contributed by atoms with Crippen molar-refractivity contribution in [3.8, 4) is 11.3 Å². The van der Waals surface area contributed by atoms with Crippen LogP contribution in [0, 0.1) is 0 Å². The van der Waals surface area contributed by atoms with Crippen LogP contribution in [-0.4, -0.2) is 25.4 Å². The van der Waals surface area contributed by atoms with Gasteiger partial charge in [0.1, 0.15) is 11.6 Å². The molecular weight excluding hydrogens is 312 g/mol. The number of halogens is 1. The molecule has 0 bridgehead atoms. The Balaban J connectivity index is 1.42. The molecule has 1 aromatic carbocycles. The predicted octanol–water partition coefficient (Wildman–Crippen LogP) is 3.40. The van der Waals surface area contributed by atoms with Gasteiger partial charge in [-0.3, -0.25) is 5.10 Å². The van der Waals surface area contributed by atoms with Gasteiger partial charge in [-0.2, -0.15) is 5.10 Å². The Labute approximate surface area is 138 Å². The van der Waals surface area contributed by atoms with Crippen LogP contribution in [0.25, 0.3) is 11.3 Å². The summed E-state index contributed by atoms with van der Waals surface area (Å²) in [6.07, 6.45) is 2.39. The minimum Gasteiger partial charge on any atom is -0.361 e. The van der Waals surface area contributed by atoms with Gasteiger partial charge >= 0.3 is 0 Å². The summed E-state index contributed by atoms with van der Waals surface area (Å²) in [5, 5.41) is 19.4. The maximum absolute atomic E-state index is 6.17. The molecule has 23 heavy (non-hydrogen) atoms. The fraction of sp³-hybridized carbons (Fsp3) is 0.250. The van der Waals surface area contributed by atoms with Crippen molar-refractivity contribution in [2.45, 2.75) is 25.3 Å². The van der Waals surface area contributed by atoms with Crippen LogP contribution in [-0.2, 0) is 6.54 Å². The summed E-state index contributed by atoms with van der Waals surface area (Å²) in [7, 11) is 0. The van der Waals surface area contributed by atoms with Crippen molar-refractivity contribution < 1.29 is 0 Å². The lowest BCUT2D eigenvalue weighted by Crippen LogP contribution is -2.04. The third kappa shape index (κ3) is 3.17. The maximum atomic E-state index is 6.17. The molecule has 2 N–H and O–H groups in total. The highest BCUT2D eigenvalue weighted by Gasteiger charge is 2.27. The highest BCUT2D eigenvalue weighted by molar-refractivity contribution is 6.33. The highest BCUT2D eigenvalue weighted by atomic mass is 35.5. The second-order valence-electron chi connectivity index (χ2n) is 5.55. The highest BCUT2D eigenvalue weighted by Crippen LogP contribution is 2.37. The van der Waals surface area contributed by atoms with Gasteiger partial charge in [-0.25, -0.2) is 4.98 Å². The number of nitrogens with one attached hydrogen (secondary N) is 2. The molecule has 0 unspecified atom stereocenters. The van der Waals surface area contributed by atoms with E-state index < -0.39 is 0 Å². The fourth-order valence-electron chi connectivity index (χ4n) is 2.33. The SMILES string of the molecule is Clc1ccccc1-c1ccc(NCc2nc(C3CC3)n[nH]2)nn1. The molecule has 0 radical (unpaired) electrons. The molecule has 1 aliphatic rings. The van der Waals surface area contributed by atoms with Crippen molar-refractivity contribution in [3.05, 3.63) is 53.1 Å². The smallest absolute Gasteiger partial charge is 0.153 e. The summed E-state index contributed by atoms with van der Waals surface area (Å²) in [6, 6.07) is 11.4. The number of rotatable bonds is 5. The molecule has 116 valence electrons. The summed E-state index contributed by atoms with van der Waals surface area (Å²) in [4.78, 5) is 4.47. The van der Waals surface area contributed by atoms with E-state index in [2.05, 4.69) is 30.7 Å². The first kappa shape index (κ1) is 14.1. The molecule has 3 aromatic rings. The zero-order chi connectivity index (χ0) is 15.6. The van der Waals surface area contributed by atoms with Gasteiger partial charge in [0.05, 0.1) is 17.3 Å². The van der Waals surface area contributed by atoms with Crippen LogP contribution in [0.4, 0.5) is 5.82 Å². The number of nitrogens with zero attached hydrogens (tertiary/aromatic N) is 4. The fourth-order valence-corrected chi connectivity index (χ4v) is 2.56. The monoisotopic (exact) mass is 326 g/mol. The Bertz CT molecular complexity index is 809. The summed E-state index contributed by atoms with van der Waals surface area (Å²) < 4.78 is 0. The topological polar surface area (TPSA) is 79.4 Å². The first-order valence-corrected chi connectivity index (χ1v) is 7.91. The van der Waals surface area contributed by atoms with E-state index in [9.17, 15) is 0 Å². The van der Waals surface area contributed by atoms with E-state index in [4.69, 9.17) is 11.6 Å². The van der Waals surface area contributed by atoms with Gasteiger partial charge < -0.3 is 5.32 Å². The molecule has 4 rings (SSSR count). The predicted molar refractivity (Wildman–Crippen MR) is 88.2 cm³/mol. The Morgan fingerprint density at radius 1 is 1.13 bits per heavy atom. The van der Waals surface area contributed by atoms with Crippen LogP contribution in [0.2, 0.25) is 5.02 Å². The average Bonchev–Trinajstić information content (AvgIpc) is 3.33. The van der Waals surface area contributed by atoms with Crippen molar-refractivity contribution in [2.75, 3.05) is 5.32 Å². The number of anilines is 1. The number of aromatic nitrogens is 5. The molecule has 6 nitrogen and oxygen atoms in total. The minimum absolute atomic E-state index is 0.542. The summed E-state index contributed by atoms with van der Waals surface area (Å²) in [5.74, 6) is 2.96. The molecule has 2 heterocycles. The van der Waals surface area contributed by atoms with E-state index in [0.717, 1.165) is 22.9 Å². The number of hydrogen-bond donors (Lipinski definition) is 2. The van der Waals surface area contributed by atoms with Crippen LogP contribution in [0.3, 0.4) is 0 Å². The average molecular weight is 327 g/mol. The molecule has 2 aromatic heterocycles. The second-order valence-corrected chi connectivity index (χ2v) is 5.96. The summed E-state index contributed by atoms with van der Waals surface area (Å²) >= 11 is 6.17. The van der Waals surface area contributed by atoms with Gasteiger partial charge in [0.25, 0.3) is 0 Å². The van der Waals surface area contributed by atoms with Crippen molar-refractivity contribution in [1.82, 2.24) is 25.4 Å². The molecule has 0 atom stereocenters. The van der Waals surface area contributed by atoms with Crippen LogP contribution in [0.5, 0.6) is 0 Å². The van der Waals surface area contributed by atoms with Crippen molar-refractivity contribution in [2.24, 2.45) is 0 Å². The standard InChI is InChI=1S/C16H15ClN6/c17-12-4-2-1-3-11(12)13-7-8-14(21-20-13)18-9-15-19-16(23-22-15)10-5-6-10/h1-4,7-8,10H,5-6,9H2,(H,18,21)(H,19,22,23). The van der Waals surface area contributed by atoms with Crippen molar-refractivity contribution in [3.63, 3.8) is 0 Å². The van der Waals surface area contributed by atoms with E-state index in [-0.39, 0.29) is 0 Å². The number of H-pyrrole nitrogens is 1. The largest absolute Gasteiger partial charge is 0.361 e. The van der Waals surface area contributed by atoms with Crippen molar-refractivity contribution >= 4 is 17.4 Å². The van der Waals surface area contributed by atoms with Gasteiger partial charge in [-0.05, 0) is 31.0 Å². The number of hydrogen-bond acceptors (Lipinski definition) is 5. The number of aromatic amines is 1. The molecule has 7 heteroatoms. The molecule has 0 spiro atoms. The van der Waals surface area contributed by atoms with E-state index >= 15 is 0 Å². The van der Waals surface area contributed by atoms with Crippen molar-refractivity contribution in [1.29, 1.82) is 0 Å². The van der Waals surface area contributed by atoms with E-state index in [0.29, 0.717) is 23.3 Å². The summed E-state index contributed by atoms with van der Waals surface area (Å²) in [5.41, 5.74) is 1.62. The Morgan fingerprint density at radius 3 is 2.74 bits per heavy atom. The molecule has 0 amide bonds. The first-order chi connectivity index (χ1) is 11.3. The maximum Gasteiger partial charge on any atom is 0.153 e. The molecule has 0 aliphatic heterocycles. The molecular formula is C16H15ClN6. The third-order valence-corrected chi connectivity index (χ3v) is 4.07. The molecule has 1 saturated carbocycles. The number of benzene rings is 1. The molecule has 0 saturated heterocycles. The van der Waals surface area contributed by atoms with Gasteiger partial charge in [0.15, 0.2) is 5.82 Å². The lowest BCUT2D eigenvalue weighted by atomic mass is 10.1. The van der Waals surface area contributed by atoms with Gasteiger partial charge in [-0.1, -0.05) is 29.8 Å². The van der Waals surface area contributed by atoms with Crippen LogP contribution in [0.1, 0.15) is 30.4 Å². The van der Waals surface area contributed by atoms with E-state index in [1.165, 1.54) is 12.8 Å². The minimum atomic E-state index is 0.542.